The molecule has 0 unspecified atom stereocenters. The molecule has 0 saturated carbocycles. The number of amides is 1. The molecule has 1 saturated heterocycles. The van der Waals surface area contributed by atoms with Crippen LogP contribution in [0.15, 0.2) is 49.1 Å². The minimum atomic E-state index is -0.305. The van der Waals surface area contributed by atoms with Gasteiger partial charge in [0.25, 0.3) is 0 Å². The van der Waals surface area contributed by atoms with E-state index in [1.54, 1.807) is 4.90 Å². The van der Waals surface area contributed by atoms with Gasteiger partial charge in [-0.1, -0.05) is 50.8 Å². The van der Waals surface area contributed by atoms with Gasteiger partial charge in [-0.05, 0) is 49.5 Å². The third-order valence-electron chi connectivity index (χ3n) is 8.96. The molecule has 2 aliphatic rings. The highest BCUT2D eigenvalue weighted by Crippen LogP contribution is 2.40. The summed E-state index contributed by atoms with van der Waals surface area (Å²) < 4.78 is 6.29. The lowest BCUT2D eigenvalue weighted by atomic mass is 9.95. The second kappa shape index (κ2) is 13.8. The number of benzene rings is 2. The van der Waals surface area contributed by atoms with Crippen LogP contribution in [0.4, 0.5) is 11.4 Å². The van der Waals surface area contributed by atoms with Crippen molar-refractivity contribution in [3.63, 3.8) is 0 Å². The molecular formula is C35H41N7O2. The summed E-state index contributed by atoms with van der Waals surface area (Å²) in [5.74, 6) is 0.175. The molecule has 1 fully saturated rings. The number of piperazine rings is 1. The Morgan fingerprint density at radius 1 is 1.14 bits per heavy atom. The third kappa shape index (κ3) is 6.06. The molecule has 1 aromatic heterocycles. The fourth-order valence-electron chi connectivity index (χ4n) is 6.62. The van der Waals surface area contributed by atoms with E-state index in [1.807, 2.05) is 0 Å². The first-order valence-corrected chi connectivity index (χ1v) is 15.5. The second-order valence-corrected chi connectivity index (χ2v) is 11.4. The van der Waals surface area contributed by atoms with Gasteiger partial charge < -0.3 is 24.3 Å². The number of carbonyl (C=O) groups is 1. The maximum atomic E-state index is 12.6. The van der Waals surface area contributed by atoms with E-state index in [2.05, 4.69) is 90.6 Å². The summed E-state index contributed by atoms with van der Waals surface area (Å²) in [5, 5.41) is 22.5. The van der Waals surface area contributed by atoms with Crippen LogP contribution in [0.25, 0.3) is 10.8 Å². The van der Waals surface area contributed by atoms with E-state index >= 15 is 0 Å². The summed E-state index contributed by atoms with van der Waals surface area (Å²) in [6.45, 7) is 15.8. The first-order valence-electron chi connectivity index (χ1n) is 15.5. The van der Waals surface area contributed by atoms with Gasteiger partial charge in [0.05, 0.1) is 36.5 Å². The Kier molecular flexibility index (Phi) is 9.67. The van der Waals surface area contributed by atoms with E-state index < -0.39 is 0 Å². The van der Waals surface area contributed by atoms with Gasteiger partial charge >= 0.3 is 0 Å². The SMILES string of the molecule is C=CC(=O)N1CCN(c2c(C#N)c(OCCN(CC)CC)nc3c2CCN(c2cccc4cccc(C)c24)C3)C[C@@H]1CC#N. The molecule has 1 amide bonds. The minimum Gasteiger partial charge on any atom is -0.475 e. The largest absolute Gasteiger partial charge is 0.475 e. The Bertz CT molecular complexity index is 1610. The van der Waals surface area contributed by atoms with Gasteiger partial charge in [-0.25, -0.2) is 4.98 Å². The standard InChI is InChI=1S/C35H41N7O2/c1-5-32(43)42-19-18-41(23-27(42)14-16-36)34-28-15-17-40(31-13-9-12-26-11-8-10-25(4)33(26)31)24-30(28)38-35(29(34)22-37)44-21-20-39(6-2)7-3/h5,8-13,27H,1,6-7,14-15,17-21,23-24H2,2-4H3/t27-/m0/s1. The number of rotatable bonds is 10. The van der Waals surface area contributed by atoms with Gasteiger partial charge in [0.15, 0.2) is 0 Å². The molecule has 0 spiro atoms. The molecule has 1 atom stereocenters. The van der Waals surface area contributed by atoms with Crippen LogP contribution < -0.4 is 14.5 Å². The summed E-state index contributed by atoms with van der Waals surface area (Å²) in [4.78, 5) is 26.2. The molecule has 0 bridgehead atoms. The summed E-state index contributed by atoms with van der Waals surface area (Å²) >= 11 is 0. The number of ether oxygens (including phenoxy) is 1. The van der Waals surface area contributed by atoms with Crippen LogP contribution in [0.1, 0.15) is 42.7 Å². The predicted molar refractivity (Wildman–Crippen MR) is 174 cm³/mol. The highest BCUT2D eigenvalue weighted by molar-refractivity contribution is 5.97. The van der Waals surface area contributed by atoms with Crippen molar-refractivity contribution in [1.29, 1.82) is 10.5 Å². The zero-order valence-corrected chi connectivity index (χ0v) is 26.1. The molecule has 5 rings (SSSR count). The highest BCUT2D eigenvalue weighted by Gasteiger charge is 2.35. The molecule has 9 heteroatoms. The number of carbonyl (C=O) groups excluding carboxylic acids is 1. The number of nitriles is 2. The van der Waals surface area contributed by atoms with Crippen molar-refractivity contribution in [2.75, 3.05) is 62.2 Å². The Hall–Kier alpha value is -4.60. The summed E-state index contributed by atoms with van der Waals surface area (Å²) in [7, 11) is 0. The molecule has 0 N–H and O–H groups in total. The number of aromatic nitrogens is 1. The number of nitrogens with zero attached hydrogens (tertiary/aromatic N) is 7. The number of hydrogen-bond acceptors (Lipinski definition) is 8. The molecule has 44 heavy (non-hydrogen) atoms. The predicted octanol–water partition coefficient (Wildman–Crippen LogP) is 4.82. The summed E-state index contributed by atoms with van der Waals surface area (Å²) in [5.41, 5.74) is 5.61. The van der Waals surface area contributed by atoms with Crippen LogP contribution in [-0.4, -0.2) is 79.2 Å². The normalized spacial score (nSPS) is 16.4. The first kappa shape index (κ1) is 30.8. The van der Waals surface area contributed by atoms with Crippen LogP contribution in [0.2, 0.25) is 0 Å². The number of likely N-dealkylation sites (N-methyl/N-ethyl adjacent to an activating group) is 1. The first-order chi connectivity index (χ1) is 21.4. The molecule has 228 valence electrons. The van der Waals surface area contributed by atoms with Crippen molar-refractivity contribution in [2.24, 2.45) is 0 Å². The Balaban J connectivity index is 1.56. The van der Waals surface area contributed by atoms with Crippen molar-refractivity contribution in [3.8, 4) is 18.0 Å². The monoisotopic (exact) mass is 591 g/mol. The quantitative estimate of drug-likeness (QED) is 0.310. The van der Waals surface area contributed by atoms with Crippen molar-refractivity contribution in [2.45, 2.75) is 46.2 Å². The summed E-state index contributed by atoms with van der Waals surface area (Å²) in [6.07, 6.45) is 2.22. The molecule has 2 aliphatic heterocycles. The van der Waals surface area contributed by atoms with Crippen LogP contribution in [0.3, 0.4) is 0 Å². The van der Waals surface area contributed by atoms with Gasteiger partial charge in [0.1, 0.15) is 18.2 Å². The van der Waals surface area contributed by atoms with E-state index in [9.17, 15) is 15.3 Å². The van der Waals surface area contributed by atoms with E-state index in [0.29, 0.717) is 50.7 Å². The van der Waals surface area contributed by atoms with E-state index in [0.717, 1.165) is 43.1 Å². The van der Waals surface area contributed by atoms with Crippen LogP contribution >= 0.6 is 0 Å². The average Bonchev–Trinajstić information content (AvgIpc) is 3.05. The fraction of sp³-hybridized carbons (Fsp3) is 0.429. The fourth-order valence-corrected chi connectivity index (χ4v) is 6.62. The molecule has 0 radical (unpaired) electrons. The van der Waals surface area contributed by atoms with Gasteiger partial charge in [-0.2, -0.15) is 10.5 Å². The van der Waals surface area contributed by atoms with Crippen molar-refractivity contribution in [3.05, 3.63) is 71.4 Å². The lowest BCUT2D eigenvalue weighted by Gasteiger charge is -2.43. The van der Waals surface area contributed by atoms with Crippen LogP contribution in [-0.2, 0) is 17.8 Å². The van der Waals surface area contributed by atoms with E-state index in [-0.39, 0.29) is 18.4 Å². The number of anilines is 2. The van der Waals surface area contributed by atoms with Crippen molar-refractivity contribution < 1.29 is 9.53 Å². The molecule has 2 aromatic carbocycles. The number of pyridine rings is 1. The zero-order valence-electron chi connectivity index (χ0n) is 26.1. The van der Waals surface area contributed by atoms with Crippen molar-refractivity contribution in [1.82, 2.24) is 14.8 Å². The molecule has 3 heterocycles. The molecule has 3 aromatic rings. The lowest BCUT2D eigenvalue weighted by molar-refractivity contribution is -0.128. The van der Waals surface area contributed by atoms with Crippen molar-refractivity contribution >= 4 is 28.1 Å². The third-order valence-corrected chi connectivity index (χ3v) is 8.96. The minimum absolute atomic E-state index is 0.177. The maximum Gasteiger partial charge on any atom is 0.246 e. The van der Waals surface area contributed by atoms with Gasteiger partial charge in [-0.15, -0.1) is 0 Å². The number of aryl methyl sites for hydroxylation is 1. The Morgan fingerprint density at radius 3 is 2.61 bits per heavy atom. The number of hydrogen-bond donors (Lipinski definition) is 0. The average molecular weight is 592 g/mol. The zero-order chi connectivity index (χ0) is 31.2. The van der Waals surface area contributed by atoms with Gasteiger partial charge in [-0.3, -0.25) is 4.79 Å². The highest BCUT2D eigenvalue weighted by atomic mass is 16.5. The van der Waals surface area contributed by atoms with E-state index in [1.165, 1.54) is 28.1 Å². The Morgan fingerprint density at radius 2 is 1.91 bits per heavy atom. The Labute approximate surface area is 260 Å². The topological polar surface area (TPSA) is 99.7 Å². The molecule has 9 nitrogen and oxygen atoms in total. The summed E-state index contributed by atoms with van der Waals surface area (Å²) in [6, 6.07) is 17.2. The van der Waals surface area contributed by atoms with Gasteiger partial charge in [0.2, 0.25) is 11.8 Å². The number of fused-ring (bicyclic) bond motifs is 2. The smallest absolute Gasteiger partial charge is 0.246 e. The maximum absolute atomic E-state index is 12.6. The van der Waals surface area contributed by atoms with Gasteiger partial charge in [0, 0.05) is 49.4 Å². The second-order valence-electron chi connectivity index (χ2n) is 11.4. The molecular weight excluding hydrogens is 550 g/mol. The molecule has 0 aliphatic carbocycles. The lowest BCUT2D eigenvalue weighted by Crippen LogP contribution is -2.55. The van der Waals surface area contributed by atoms with Crippen LogP contribution in [0, 0.1) is 29.6 Å². The van der Waals surface area contributed by atoms with Crippen LogP contribution in [0.5, 0.6) is 5.88 Å². The van der Waals surface area contributed by atoms with E-state index in [4.69, 9.17) is 9.72 Å².